The molecule has 0 aliphatic rings. The number of ether oxygens (including phenoxy) is 1. The summed E-state index contributed by atoms with van der Waals surface area (Å²) in [6, 6.07) is 2.64. The van der Waals surface area contributed by atoms with Crippen LogP contribution in [0.15, 0.2) is 16.8 Å². The minimum absolute atomic E-state index is 0.177. The predicted molar refractivity (Wildman–Crippen MR) is 74.4 cm³/mol. The van der Waals surface area contributed by atoms with Crippen LogP contribution in [0.5, 0.6) is 0 Å². The van der Waals surface area contributed by atoms with Gasteiger partial charge < -0.3 is 10.5 Å². The Morgan fingerprint density at radius 2 is 2.24 bits per heavy atom. The van der Waals surface area contributed by atoms with Crippen molar-refractivity contribution in [2.75, 3.05) is 26.8 Å². The fourth-order valence-corrected chi connectivity index (χ4v) is 2.68. The van der Waals surface area contributed by atoms with E-state index in [9.17, 15) is 0 Å². The third-order valence-electron chi connectivity index (χ3n) is 3.03. The van der Waals surface area contributed by atoms with Crippen molar-refractivity contribution in [3.8, 4) is 0 Å². The molecule has 0 saturated carbocycles. The summed E-state index contributed by atoms with van der Waals surface area (Å²) in [5, 5.41) is 4.30. The van der Waals surface area contributed by atoms with Gasteiger partial charge in [-0.05, 0) is 42.8 Å². The average Bonchev–Trinajstić information content (AvgIpc) is 2.83. The summed E-state index contributed by atoms with van der Waals surface area (Å²) < 4.78 is 5.41. The molecule has 0 spiro atoms. The summed E-state index contributed by atoms with van der Waals surface area (Å²) in [5.74, 6) is 0. The molecule has 1 aromatic rings. The van der Waals surface area contributed by atoms with Gasteiger partial charge >= 0.3 is 0 Å². The summed E-state index contributed by atoms with van der Waals surface area (Å²) in [6.07, 6.45) is 0.986. The molecule has 0 radical (unpaired) electrons. The zero-order valence-corrected chi connectivity index (χ0v) is 11.9. The molecule has 0 saturated heterocycles. The lowest BCUT2D eigenvalue weighted by Gasteiger charge is -2.32. The van der Waals surface area contributed by atoms with Crippen LogP contribution < -0.4 is 5.73 Å². The van der Waals surface area contributed by atoms with Crippen LogP contribution in [-0.2, 0) is 4.74 Å². The number of hydrogen-bond acceptors (Lipinski definition) is 4. The largest absolute Gasteiger partial charge is 0.380 e. The van der Waals surface area contributed by atoms with E-state index in [1.54, 1.807) is 11.3 Å². The van der Waals surface area contributed by atoms with Gasteiger partial charge in [-0.1, -0.05) is 6.92 Å². The van der Waals surface area contributed by atoms with Crippen LogP contribution in [-0.4, -0.2) is 37.7 Å². The standard InChI is InChI=1S/C13H24N2OS/c1-4-12(14)13(11-6-9-17-10-11)15(3)7-8-16-5-2/h6,9-10,12-13H,4-5,7-8,14H2,1-3H3. The molecule has 2 N–H and O–H groups in total. The molecule has 0 amide bonds. The van der Waals surface area contributed by atoms with E-state index in [1.807, 2.05) is 6.92 Å². The van der Waals surface area contributed by atoms with E-state index >= 15 is 0 Å². The third kappa shape index (κ3) is 4.39. The molecule has 2 unspecified atom stereocenters. The van der Waals surface area contributed by atoms with E-state index in [-0.39, 0.29) is 6.04 Å². The zero-order valence-electron chi connectivity index (χ0n) is 11.1. The molecule has 1 rings (SSSR count). The van der Waals surface area contributed by atoms with Gasteiger partial charge in [-0.2, -0.15) is 11.3 Å². The highest BCUT2D eigenvalue weighted by Crippen LogP contribution is 2.25. The first-order valence-corrected chi connectivity index (χ1v) is 7.20. The van der Waals surface area contributed by atoms with Crippen LogP contribution in [0.1, 0.15) is 31.9 Å². The topological polar surface area (TPSA) is 38.5 Å². The Bertz CT molecular complexity index is 290. The molecule has 17 heavy (non-hydrogen) atoms. The van der Waals surface area contributed by atoms with Gasteiger partial charge in [0, 0.05) is 19.2 Å². The van der Waals surface area contributed by atoms with E-state index in [1.165, 1.54) is 5.56 Å². The molecule has 4 heteroatoms. The lowest BCUT2D eigenvalue weighted by molar-refractivity contribution is 0.101. The van der Waals surface area contributed by atoms with Gasteiger partial charge in [0.05, 0.1) is 12.6 Å². The van der Waals surface area contributed by atoms with Crippen LogP contribution in [0.2, 0.25) is 0 Å². The Hall–Kier alpha value is -0.420. The van der Waals surface area contributed by atoms with Gasteiger partial charge in [0.25, 0.3) is 0 Å². The Morgan fingerprint density at radius 3 is 2.76 bits per heavy atom. The molecular weight excluding hydrogens is 232 g/mol. The number of hydrogen-bond donors (Lipinski definition) is 1. The first kappa shape index (κ1) is 14.6. The molecule has 0 fully saturated rings. The summed E-state index contributed by atoms with van der Waals surface area (Å²) in [6.45, 7) is 6.62. The Kier molecular flexibility index (Phi) is 6.73. The lowest BCUT2D eigenvalue weighted by Crippen LogP contribution is -2.40. The van der Waals surface area contributed by atoms with Crippen LogP contribution in [0.4, 0.5) is 0 Å². The van der Waals surface area contributed by atoms with E-state index in [4.69, 9.17) is 10.5 Å². The first-order valence-electron chi connectivity index (χ1n) is 6.26. The predicted octanol–water partition coefficient (Wildman–Crippen LogP) is 2.49. The molecule has 0 aliphatic heterocycles. The van der Waals surface area contributed by atoms with E-state index in [0.29, 0.717) is 6.04 Å². The maximum absolute atomic E-state index is 6.24. The molecule has 98 valence electrons. The van der Waals surface area contributed by atoms with Crippen LogP contribution in [0.3, 0.4) is 0 Å². The van der Waals surface area contributed by atoms with Crippen molar-refractivity contribution in [1.29, 1.82) is 0 Å². The molecule has 0 aliphatic carbocycles. The lowest BCUT2D eigenvalue weighted by atomic mass is 9.99. The second-order valence-corrected chi connectivity index (χ2v) is 5.03. The van der Waals surface area contributed by atoms with Crippen molar-refractivity contribution >= 4 is 11.3 Å². The SMILES string of the molecule is CCOCCN(C)C(c1ccsc1)C(N)CC. The van der Waals surface area contributed by atoms with E-state index in [2.05, 4.69) is 35.7 Å². The molecule has 1 aromatic heterocycles. The summed E-state index contributed by atoms with van der Waals surface area (Å²) in [4.78, 5) is 2.30. The molecule has 0 aromatic carbocycles. The van der Waals surface area contributed by atoms with E-state index in [0.717, 1.165) is 26.2 Å². The minimum Gasteiger partial charge on any atom is -0.380 e. The second-order valence-electron chi connectivity index (χ2n) is 4.25. The molecular formula is C13H24N2OS. The van der Waals surface area contributed by atoms with Crippen molar-refractivity contribution in [3.63, 3.8) is 0 Å². The van der Waals surface area contributed by atoms with Gasteiger partial charge in [0.1, 0.15) is 0 Å². The van der Waals surface area contributed by atoms with Gasteiger partial charge in [-0.3, -0.25) is 4.90 Å². The highest BCUT2D eigenvalue weighted by Gasteiger charge is 2.23. The molecule has 3 nitrogen and oxygen atoms in total. The van der Waals surface area contributed by atoms with Crippen LogP contribution in [0.25, 0.3) is 0 Å². The molecule has 0 bridgehead atoms. The zero-order chi connectivity index (χ0) is 12.7. The van der Waals surface area contributed by atoms with Crippen molar-refractivity contribution in [2.24, 2.45) is 5.73 Å². The third-order valence-corrected chi connectivity index (χ3v) is 3.73. The monoisotopic (exact) mass is 256 g/mol. The highest BCUT2D eigenvalue weighted by atomic mass is 32.1. The number of likely N-dealkylation sites (N-methyl/N-ethyl adjacent to an activating group) is 1. The van der Waals surface area contributed by atoms with Crippen LogP contribution >= 0.6 is 11.3 Å². The maximum Gasteiger partial charge on any atom is 0.0593 e. The summed E-state index contributed by atoms with van der Waals surface area (Å²) in [5.41, 5.74) is 7.56. The normalized spacial score (nSPS) is 15.1. The minimum atomic E-state index is 0.177. The van der Waals surface area contributed by atoms with Crippen molar-refractivity contribution in [1.82, 2.24) is 4.90 Å². The maximum atomic E-state index is 6.24. The fourth-order valence-electron chi connectivity index (χ4n) is 1.99. The fraction of sp³-hybridized carbons (Fsp3) is 0.692. The molecule has 2 atom stereocenters. The Balaban J connectivity index is 2.63. The van der Waals surface area contributed by atoms with Gasteiger partial charge in [-0.25, -0.2) is 0 Å². The van der Waals surface area contributed by atoms with Crippen molar-refractivity contribution in [3.05, 3.63) is 22.4 Å². The van der Waals surface area contributed by atoms with E-state index < -0.39 is 0 Å². The number of nitrogens with zero attached hydrogens (tertiary/aromatic N) is 1. The molecule has 1 heterocycles. The quantitative estimate of drug-likeness (QED) is 0.726. The van der Waals surface area contributed by atoms with Gasteiger partial charge in [-0.15, -0.1) is 0 Å². The van der Waals surface area contributed by atoms with Gasteiger partial charge in [0.2, 0.25) is 0 Å². The van der Waals surface area contributed by atoms with Crippen molar-refractivity contribution in [2.45, 2.75) is 32.4 Å². The summed E-state index contributed by atoms with van der Waals surface area (Å²) >= 11 is 1.73. The van der Waals surface area contributed by atoms with Crippen LogP contribution in [0, 0.1) is 0 Å². The number of thiophene rings is 1. The van der Waals surface area contributed by atoms with Crippen molar-refractivity contribution < 1.29 is 4.74 Å². The smallest absolute Gasteiger partial charge is 0.0593 e. The van der Waals surface area contributed by atoms with Gasteiger partial charge in [0.15, 0.2) is 0 Å². The first-order chi connectivity index (χ1) is 8.20. The summed E-state index contributed by atoms with van der Waals surface area (Å²) in [7, 11) is 2.12. The Morgan fingerprint density at radius 1 is 1.47 bits per heavy atom. The highest BCUT2D eigenvalue weighted by molar-refractivity contribution is 7.07. The number of rotatable bonds is 8. The number of nitrogens with two attached hydrogens (primary N) is 1. The Labute approximate surface area is 109 Å². The average molecular weight is 256 g/mol. The second kappa shape index (κ2) is 7.82.